The van der Waals surface area contributed by atoms with Crippen LogP contribution < -0.4 is 0 Å². The molecule has 2 unspecified atom stereocenters. The van der Waals surface area contributed by atoms with Crippen molar-refractivity contribution in [2.75, 3.05) is 24.6 Å². The van der Waals surface area contributed by atoms with Gasteiger partial charge in [-0.1, -0.05) is 6.92 Å². The third kappa shape index (κ3) is 2.80. The van der Waals surface area contributed by atoms with Crippen LogP contribution in [0.3, 0.4) is 0 Å². The van der Waals surface area contributed by atoms with E-state index in [0.29, 0.717) is 5.75 Å². The van der Waals surface area contributed by atoms with Crippen LogP contribution >= 0.6 is 0 Å². The highest BCUT2D eigenvalue weighted by Crippen LogP contribution is 2.29. The summed E-state index contributed by atoms with van der Waals surface area (Å²) in [6.07, 6.45) is 1.66. The highest BCUT2D eigenvalue weighted by atomic mass is 32.2. The van der Waals surface area contributed by atoms with Crippen LogP contribution in [0.5, 0.6) is 0 Å². The highest BCUT2D eigenvalue weighted by molar-refractivity contribution is 7.91. The SMILES string of the molecule is CC(C(=O)O)C1CN(C2CCCS(=O)(=O)C2)C1. The van der Waals surface area contributed by atoms with E-state index in [1.807, 2.05) is 0 Å². The third-order valence-corrected chi connectivity index (χ3v) is 5.79. The lowest BCUT2D eigenvalue weighted by molar-refractivity contribution is -0.146. The quantitative estimate of drug-likeness (QED) is 0.786. The largest absolute Gasteiger partial charge is 0.481 e. The molecule has 0 amide bonds. The molecule has 2 atom stereocenters. The molecule has 2 heterocycles. The fourth-order valence-electron chi connectivity index (χ4n) is 2.65. The Hall–Kier alpha value is -0.620. The lowest BCUT2D eigenvalue weighted by Gasteiger charge is -2.46. The van der Waals surface area contributed by atoms with E-state index in [1.165, 1.54) is 0 Å². The van der Waals surface area contributed by atoms with E-state index in [-0.39, 0.29) is 23.6 Å². The lowest BCUT2D eigenvalue weighted by Crippen LogP contribution is -2.57. The Labute approximate surface area is 102 Å². The Morgan fingerprint density at radius 2 is 2.06 bits per heavy atom. The molecule has 0 aliphatic carbocycles. The number of hydrogen-bond acceptors (Lipinski definition) is 4. The van der Waals surface area contributed by atoms with Crippen LogP contribution in [0, 0.1) is 11.8 Å². The van der Waals surface area contributed by atoms with Crippen molar-refractivity contribution in [3.05, 3.63) is 0 Å². The van der Waals surface area contributed by atoms with Crippen LogP contribution in [0.15, 0.2) is 0 Å². The summed E-state index contributed by atoms with van der Waals surface area (Å²) in [4.78, 5) is 12.9. The molecule has 0 aromatic heterocycles. The summed E-state index contributed by atoms with van der Waals surface area (Å²) >= 11 is 0. The second kappa shape index (κ2) is 4.57. The van der Waals surface area contributed by atoms with Crippen molar-refractivity contribution < 1.29 is 18.3 Å². The molecule has 98 valence electrons. The van der Waals surface area contributed by atoms with E-state index in [9.17, 15) is 13.2 Å². The fourth-order valence-corrected chi connectivity index (χ4v) is 4.39. The van der Waals surface area contributed by atoms with Crippen LogP contribution in [0.1, 0.15) is 19.8 Å². The van der Waals surface area contributed by atoms with Gasteiger partial charge in [-0.25, -0.2) is 8.42 Å². The van der Waals surface area contributed by atoms with Crippen molar-refractivity contribution in [1.29, 1.82) is 0 Å². The number of carboxylic acid groups (broad SMARTS) is 1. The average molecular weight is 261 g/mol. The van der Waals surface area contributed by atoms with Gasteiger partial charge in [0.2, 0.25) is 0 Å². The van der Waals surface area contributed by atoms with Gasteiger partial charge in [-0.2, -0.15) is 0 Å². The van der Waals surface area contributed by atoms with Crippen LogP contribution in [-0.4, -0.2) is 55.0 Å². The highest BCUT2D eigenvalue weighted by Gasteiger charge is 2.40. The van der Waals surface area contributed by atoms with Crippen LogP contribution in [0.25, 0.3) is 0 Å². The number of likely N-dealkylation sites (tertiary alicyclic amines) is 1. The standard InChI is InChI=1S/C11H19NO4S/c1-8(11(13)14)9-5-12(6-9)10-3-2-4-17(15,16)7-10/h8-10H,2-7H2,1H3,(H,13,14). The Morgan fingerprint density at radius 3 is 2.59 bits per heavy atom. The second-order valence-corrected chi connectivity index (χ2v) is 7.48. The molecule has 0 bridgehead atoms. The van der Waals surface area contributed by atoms with Crippen molar-refractivity contribution in [3.63, 3.8) is 0 Å². The predicted molar refractivity (Wildman–Crippen MR) is 63.5 cm³/mol. The summed E-state index contributed by atoms with van der Waals surface area (Å²) in [5.74, 6) is -0.345. The molecule has 6 heteroatoms. The topological polar surface area (TPSA) is 74.7 Å². The first-order valence-electron chi connectivity index (χ1n) is 6.06. The molecule has 0 saturated carbocycles. The molecule has 0 aromatic rings. The van der Waals surface area contributed by atoms with Gasteiger partial charge in [-0.05, 0) is 18.8 Å². The maximum Gasteiger partial charge on any atom is 0.306 e. The zero-order valence-electron chi connectivity index (χ0n) is 10.0. The zero-order valence-corrected chi connectivity index (χ0v) is 10.8. The monoisotopic (exact) mass is 261 g/mol. The smallest absolute Gasteiger partial charge is 0.306 e. The maximum absolute atomic E-state index is 11.5. The predicted octanol–water partition coefficient (Wildman–Crippen LogP) is 0.216. The van der Waals surface area contributed by atoms with Crippen molar-refractivity contribution in [2.24, 2.45) is 11.8 Å². The molecule has 0 radical (unpaired) electrons. The number of aliphatic carboxylic acids is 1. The van der Waals surface area contributed by atoms with Gasteiger partial charge in [-0.15, -0.1) is 0 Å². The number of hydrogen-bond donors (Lipinski definition) is 1. The van der Waals surface area contributed by atoms with E-state index in [4.69, 9.17) is 5.11 Å². The third-order valence-electron chi connectivity index (χ3n) is 3.99. The first-order valence-corrected chi connectivity index (χ1v) is 7.88. The molecule has 5 nitrogen and oxygen atoms in total. The molecule has 0 spiro atoms. The minimum atomic E-state index is -2.87. The Morgan fingerprint density at radius 1 is 1.41 bits per heavy atom. The van der Waals surface area contributed by atoms with E-state index >= 15 is 0 Å². The first kappa shape index (κ1) is 12.8. The average Bonchev–Trinajstić information content (AvgIpc) is 2.13. The Balaban J connectivity index is 1.85. The van der Waals surface area contributed by atoms with Gasteiger partial charge in [0.05, 0.1) is 17.4 Å². The zero-order chi connectivity index (χ0) is 12.6. The van der Waals surface area contributed by atoms with Crippen LogP contribution in [0.2, 0.25) is 0 Å². The van der Waals surface area contributed by atoms with Gasteiger partial charge in [0.25, 0.3) is 0 Å². The molecular weight excluding hydrogens is 242 g/mol. The number of rotatable bonds is 3. The molecular formula is C11H19NO4S. The van der Waals surface area contributed by atoms with Crippen molar-refractivity contribution in [2.45, 2.75) is 25.8 Å². The molecule has 2 aliphatic rings. The van der Waals surface area contributed by atoms with Crippen LogP contribution in [0.4, 0.5) is 0 Å². The molecule has 2 saturated heterocycles. The summed E-state index contributed by atoms with van der Waals surface area (Å²) < 4.78 is 23.0. The van der Waals surface area contributed by atoms with Crippen molar-refractivity contribution in [3.8, 4) is 0 Å². The molecule has 2 fully saturated rings. The lowest BCUT2D eigenvalue weighted by atomic mass is 9.85. The minimum absolute atomic E-state index is 0.117. The van der Waals surface area contributed by atoms with Crippen LogP contribution in [-0.2, 0) is 14.6 Å². The number of carboxylic acids is 1. The van der Waals surface area contributed by atoms with E-state index in [1.54, 1.807) is 6.92 Å². The van der Waals surface area contributed by atoms with Crippen molar-refractivity contribution >= 4 is 15.8 Å². The Kier molecular flexibility index (Phi) is 3.45. The summed E-state index contributed by atoms with van der Waals surface area (Å²) in [5.41, 5.74) is 0. The number of carbonyl (C=O) groups is 1. The fraction of sp³-hybridized carbons (Fsp3) is 0.909. The summed E-state index contributed by atoms with van der Waals surface area (Å²) in [7, 11) is -2.87. The first-order chi connectivity index (χ1) is 7.89. The van der Waals surface area contributed by atoms with Gasteiger partial charge < -0.3 is 5.11 Å². The molecule has 2 rings (SSSR count). The summed E-state index contributed by atoms with van der Waals surface area (Å²) in [5, 5.41) is 8.88. The second-order valence-electron chi connectivity index (χ2n) is 5.25. The maximum atomic E-state index is 11.5. The van der Waals surface area contributed by atoms with Gasteiger partial charge in [0, 0.05) is 19.1 Å². The summed E-state index contributed by atoms with van der Waals surface area (Å²) in [6, 6.07) is 0.117. The molecule has 2 aliphatic heterocycles. The number of sulfone groups is 1. The molecule has 0 aromatic carbocycles. The molecule has 1 N–H and O–H groups in total. The molecule has 17 heavy (non-hydrogen) atoms. The van der Waals surface area contributed by atoms with Gasteiger partial charge in [0.15, 0.2) is 9.84 Å². The van der Waals surface area contributed by atoms with Gasteiger partial charge in [-0.3, -0.25) is 9.69 Å². The van der Waals surface area contributed by atoms with Gasteiger partial charge >= 0.3 is 5.97 Å². The van der Waals surface area contributed by atoms with E-state index < -0.39 is 15.8 Å². The minimum Gasteiger partial charge on any atom is -0.481 e. The number of nitrogens with zero attached hydrogens (tertiary/aromatic N) is 1. The summed E-state index contributed by atoms with van der Waals surface area (Å²) in [6.45, 7) is 3.18. The Bertz CT molecular complexity index is 400. The van der Waals surface area contributed by atoms with Crippen molar-refractivity contribution in [1.82, 2.24) is 4.90 Å². The normalized spacial score (nSPS) is 31.7. The van der Waals surface area contributed by atoms with E-state index in [0.717, 1.165) is 25.9 Å². The van der Waals surface area contributed by atoms with E-state index in [2.05, 4.69) is 4.90 Å². The van der Waals surface area contributed by atoms with Gasteiger partial charge in [0.1, 0.15) is 0 Å².